The first-order valence-corrected chi connectivity index (χ1v) is 5.36. The van der Waals surface area contributed by atoms with Crippen LogP contribution in [0.25, 0.3) is 0 Å². The summed E-state index contributed by atoms with van der Waals surface area (Å²) in [5, 5.41) is 7.70. The number of hydrogen-bond acceptors (Lipinski definition) is 2. The Bertz CT molecular complexity index is 263. The van der Waals surface area contributed by atoms with E-state index in [-0.39, 0.29) is 0 Å². The average molecular weight is 195 g/mol. The lowest BCUT2D eigenvalue weighted by molar-refractivity contribution is 0.531. The molecule has 80 valence electrons. The number of hydrogen-bond donors (Lipinski definition) is 1. The minimum atomic E-state index is 0.460. The maximum absolute atomic E-state index is 4.30. The van der Waals surface area contributed by atoms with E-state index in [0.29, 0.717) is 12.1 Å². The van der Waals surface area contributed by atoms with E-state index >= 15 is 0 Å². The highest BCUT2D eigenvalue weighted by Crippen LogP contribution is 2.05. The van der Waals surface area contributed by atoms with Crippen molar-refractivity contribution >= 4 is 0 Å². The Morgan fingerprint density at radius 3 is 2.57 bits per heavy atom. The second-order valence-electron chi connectivity index (χ2n) is 4.28. The van der Waals surface area contributed by atoms with Gasteiger partial charge in [0, 0.05) is 18.3 Å². The summed E-state index contributed by atoms with van der Waals surface area (Å²) in [4.78, 5) is 0. The van der Waals surface area contributed by atoms with Crippen molar-refractivity contribution in [1.29, 1.82) is 0 Å². The van der Waals surface area contributed by atoms with Gasteiger partial charge in [-0.2, -0.15) is 5.10 Å². The Morgan fingerprint density at radius 1 is 1.36 bits per heavy atom. The minimum absolute atomic E-state index is 0.460. The molecule has 0 unspecified atom stereocenters. The van der Waals surface area contributed by atoms with E-state index in [1.165, 1.54) is 5.56 Å². The Balaban J connectivity index is 2.36. The van der Waals surface area contributed by atoms with Gasteiger partial charge >= 0.3 is 0 Å². The van der Waals surface area contributed by atoms with Crippen molar-refractivity contribution in [1.82, 2.24) is 15.1 Å². The van der Waals surface area contributed by atoms with Crippen LogP contribution >= 0.6 is 0 Å². The van der Waals surface area contributed by atoms with Crippen LogP contribution in [0.2, 0.25) is 0 Å². The van der Waals surface area contributed by atoms with Gasteiger partial charge in [0.25, 0.3) is 0 Å². The van der Waals surface area contributed by atoms with Gasteiger partial charge in [0.15, 0.2) is 0 Å². The van der Waals surface area contributed by atoms with Crippen LogP contribution in [-0.2, 0) is 6.42 Å². The molecule has 0 saturated heterocycles. The lowest BCUT2D eigenvalue weighted by Crippen LogP contribution is -2.24. The first-order valence-electron chi connectivity index (χ1n) is 5.36. The fourth-order valence-electron chi connectivity index (χ4n) is 1.29. The molecule has 0 aliphatic rings. The molecule has 3 nitrogen and oxygen atoms in total. The third kappa shape index (κ3) is 3.50. The standard InChI is InChI=1S/C11H21N3/c1-9(2)12-6-5-11-7-13-14(8-11)10(3)4/h7-10,12H,5-6H2,1-4H3. The van der Waals surface area contributed by atoms with E-state index in [0.717, 1.165) is 13.0 Å². The molecule has 1 heterocycles. The van der Waals surface area contributed by atoms with E-state index in [1.54, 1.807) is 0 Å². The molecule has 1 aromatic rings. The fraction of sp³-hybridized carbons (Fsp3) is 0.727. The highest BCUT2D eigenvalue weighted by Gasteiger charge is 2.01. The lowest BCUT2D eigenvalue weighted by atomic mass is 10.2. The predicted molar refractivity (Wildman–Crippen MR) is 59.5 cm³/mol. The van der Waals surface area contributed by atoms with Gasteiger partial charge in [-0.15, -0.1) is 0 Å². The van der Waals surface area contributed by atoms with Crippen LogP contribution in [0.3, 0.4) is 0 Å². The molecule has 0 bridgehead atoms. The van der Waals surface area contributed by atoms with Crippen molar-refractivity contribution in [2.24, 2.45) is 0 Å². The number of rotatable bonds is 5. The molecule has 0 aromatic carbocycles. The summed E-state index contributed by atoms with van der Waals surface area (Å²) < 4.78 is 2.00. The largest absolute Gasteiger partial charge is 0.314 e. The summed E-state index contributed by atoms with van der Waals surface area (Å²) >= 11 is 0. The smallest absolute Gasteiger partial charge is 0.0522 e. The molecule has 0 aliphatic carbocycles. The summed E-state index contributed by atoms with van der Waals surface area (Å²) in [6, 6.07) is 1.02. The molecule has 14 heavy (non-hydrogen) atoms. The molecule has 0 radical (unpaired) electrons. The normalized spacial score (nSPS) is 11.6. The molecular formula is C11H21N3. The molecule has 0 spiro atoms. The van der Waals surface area contributed by atoms with Crippen molar-refractivity contribution in [3.05, 3.63) is 18.0 Å². The van der Waals surface area contributed by atoms with Crippen LogP contribution < -0.4 is 5.32 Å². The Morgan fingerprint density at radius 2 is 2.07 bits per heavy atom. The molecule has 0 fully saturated rings. The van der Waals surface area contributed by atoms with Gasteiger partial charge in [0.2, 0.25) is 0 Å². The van der Waals surface area contributed by atoms with Crippen molar-refractivity contribution in [3.8, 4) is 0 Å². The molecule has 1 N–H and O–H groups in total. The zero-order valence-corrected chi connectivity index (χ0v) is 9.62. The molecule has 0 amide bonds. The van der Waals surface area contributed by atoms with Crippen molar-refractivity contribution < 1.29 is 0 Å². The third-order valence-corrected chi connectivity index (χ3v) is 2.15. The van der Waals surface area contributed by atoms with Gasteiger partial charge < -0.3 is 5.32 Å². The van der Waals surface area contributed by atoms with E-state index < -0.39 is 0 Å². The summed E-state index contributed by atoms with van der Waals surface area (Å²) in [7, 11) is 0. The topological polar surface area (TPSA) is 29.9 Å². The fourth-order valence-corrected chi connectivity index (χ4v) is 1.29. The van der Waals surface area contributed by atoms with Crippen LogP contribution in [-0.4, -0.2) is 22.4 Å². The quantitative estimate of drug-likeness (QED) is 0.779. The monoisotopic (exact) mass is 195 g/mol. The molecule has 1 aromatic heterocycles. The maximum Gasteiger partial charge on any atom is 0.0522 e. The lowest BCUT2D eigenvalue weighted by Gasteiger charge is -2.06. The van der Waals surface area contributed by atoms with E-state index in [2.05, 4.69) is 44.3 Å². The molecular weight excluding hydrogens is 174 g/mol. The van der Waals surface area contributed by atoms with Crippen molar-refractivity contribution in [3.63, 3.8) is 0 Å². The second-order valence-corrected chi connectivity index (χ2v) is 4.28. The SMILES string of the molecule is CC(C)NCCc1cnn(C(C)C)c1. The number of nitrogens with zero attached hydrogens (tertiary/aromatic N) is 2. The van der Waals surface area contributed by atoms with E-state index in [4.69, 9.17) is 0 Å². The second kappa shape index (κ2) is 5.15. The first-order chi connectivity index (χ1) is 6.59. The molecule has 0 atom stereocenters. The Labute approximate surface area is 86.5 Å². The molecule has 0 saturated carbocycles. The zero-order chi connectivity index (χ0) is 10.6. The summed E-state index contributed by atoms with van der Waals surface area (Å²) in [5.41, 5.74) is 1.31. The number of nitrogens with one attached hydrogen (secondary N) is 1. The predicted octanol–water partition coefficient (Wildman–Crippen LogP) is 2.00. The summed E-state index contributed by atoms with van der Waals surface area (Å²) in [6.45, 7) is 9.64. The van der Waals surface area contributed by atoms with Crippen molar-refractivity contribution in [2.45, 2.75) is 46.2 Å². The van der Waals surface area contributed by atoms with E-state index in [9.17, 15) is 0 Å². The van der Waals surface area contributed by atoms with Gasteiger partial charge in [-0.05, 0) is 32.4 Å². The van der Waals surface area contributed by atoms with E-state index in [1.807, 2.05) is 10.9 Å². The van der Waals surface area contributed by atoms with Crippen LogP contribution in [0.4, 0.5) is 0 Å². The van der Waals surface area contributed by atoms with Gasteiger partial charge in [0.05, 0.1) is 6.20 Å². The highest BCUT2D eigenvalue weighted by molar-refractivity contribution is 5.04. The van der Waals surface area contributed by atoms with Crippen LogP contribution in [0.1, 0.15) is 39.3 Å². The zero-order valence-electron chi connectivity index (χ0n) is 9.62. The van der Waals surface area contributed by atoms with Crippen LogP contribution in [0.15, 0.2) is 12.4 Å². The number of aromatic nitrogens is 2. The Hall–Kier alpha value is -0.830. The van der Waals surface area contributed by atoms with Gasteiger partial charge in [-0.3, -0.25) is 4.68 Å². The van der Waals surface area contributed by atoms with Gasteiger partial charge in [0.1, 0.15) is 0 Å². The van der Waals surface area contributed by atoms with Crippen LogP contribution in [0.5, 0.6) is 0 Å². The maximum atomic E-state index is 4.30. The third-order valence-electron chi connectivity index (χ3n) is 2.15. The molecule has 1 rings (SSSR count). The minimum Gasteiger partial charge on any atom is -0.314 e. The first kappa shape index (κ1) is 11.2. The summed E-state index contributed by atoms with van der Waals surface area (Å²) in [5.74, 6) is 0. The van der Waals surface area contributed by atoms with Crippen molar-refractivity contribution in [2.75, 3.05) is 6.54 Å². The summed E-state index contributed by atoms with van der Waals surface area (Å²) in [6.07, 6.45) is 5.15. The highest BCUT2D eigenvalue weighted by atomic mass is 15.3. The molecule has 3 heteroatoms. The average Bonchev–Trinajstić information content (AvgIpc) is 2.52. The van der Waals surface area contributed by atoms with Crippen LogP contribution in [0, 0.1) is 0 Å². The van der Waals surface area contributed by atoms with Gasteiger partial charge in [-0.1, -0.05) is 13.8 Å². The molecule has 0 aliphatic heterocycles. The van der Waals surface area contributed by atoms with Gasteiger partial charge in [-0.25, -0.2) is 0 Å². The Kier molecular flexibility index (Phi) is 4.14.